The normalized spacial score (nSPS) is 17.0. The van der Waals surface area contributed by atoms with Crippen molar-refractivity contribution in [3.05, 3.63) is 0 Å². The van der Waals surface area contributed by atoms with Crippen LogP contribution in [0.3, 0.4) is 0 Å². The largest absolute Gasteiger partial charge is 0.355 e. The number of likely N-dealkylation sites (N-methyl/N-ethyl adjacent to an activating group) is 1. The van der Waals surface area contributed by atoms with Crippen LogP contribution in [0.25, 0.3) is 0 Å². The first-order valence-corrected chi connectivity index (χ1v) is 8.32. The predicted molar refractivity (Wildman–Crippen MR) is 110 cm³/mol. The fraction of sp³-hybridized carbons (Fsp3) is 0.938. The van der Waals surface area contributed by atoms with Gasteiger partial charge in [0, 0.05) is 32.7 Å². The van der Waals surface area contributed by atoms with Crippen molar-refractivity contribution in [1.82, 2.24) is 15.1 Å². The molecule has 1 fully saturated rings. The molecule has 3 N–H and O–H groups in total. The molecule has 1 aliphatic rings. The highest BCUT2D eigenvalue weighted by Gasteiger charge is 2.26. The summed E-state index contributed by atoms with van der Waals surface area (Å²) in [6, 6.07) is -0.431. The lowest BCUT2D eigenvalue weighted by molar-refractivity contribution is -0.124. The topological polar surface area (TPSA) is 61.6 Å². The maximum atomic E-state index is 11.9. The lowest BCUT2D eigenvalue weighted by Gasteiger charge is -2.34. The van der Waals surface area contributed by atoms with Crippen LogP contribution < -0.4 is 11.1 Å². The number of hydrogen-bond donors (Lipinski definition) is 2. The Morgan fingerprint density at radius 3 is 2.00 bits per heavy atom. The van der Waals surface area contributed by atoms with E-state index in [1.807, 2.05) is 20.8 Å². The molecule has 0 aliphatic carbocycles. The zero-order valence-electron chi connectivity index (χ0n) is 15.5. The van der Waals surface area contributed by atoms with Gasteiger partial charge in [0.1, 0.15) is 0 Å². The van der Waals surface area contributed by atoms with Crippen molar-refractivity contribution in [2.75, 3.05) is 45.8 Å². The molecule has 0 radical (unpaired) electrons. The number of rotatable bonds is 7. The van der Waals surface area contributed by atoms with E-state index in [1.54, 1.807) is 0 Å². The monoisotopic (exact) mass is 406 g/mol. The highest BCUT2D eigenvalue weighted by atomic mass is 35.5. The van der Waals surface area contributed by atoms with Gasteiger partial charge < -0.3 is 20.9 Å². The van der Waals surface area contributed by atoms with Gasteiger partial charge in [-0.3, -0.25) is 4.79 Å². The average molecular weight is 408 g/mol. The Morgan fingerprint density at radius 1 is 1.04 bits per heavy atom. The van der Waals surface area contributed by atoms with Crippen molar-refractivity contribution < 1.29 is 4.79 Å². The van der Waals surface area contributed by atoms with E-state index in [-0.39, 0.29) is 48.5 Å². The second-order valence-corrected chi connectivity index (χ2v) is 7.12. The molecule has 1 amide bonds. The molecule has 0 unspecified atom stereocenters. The Labute approximate surface area is 166 Å². The Bertz CT molecular complexity index is 319. The number of piperazine rings is 1. The van der Waals surface area contributed by atoms with Crippen LogP contribution >= 0.6 is 37.2 Å². The minimum Gasteiger partial charge on any atom is -0.355 e. The van der Waals surface area contributed by atoms with Crippen LogP contribution in [-0.2, 0) is 4.79 Å². The van der Waals surface area contributed by atoms with Crippen LogP contribution in [0.4, 0.5) is 0 Å². The van der Waals surface area contributed by atoms with Crippen molar-refractivity contribution in [1.29, 1.82) is 0 Å². The molecule has 0 bridgehead atoms. The van der Waals surface area contributed by atoms with Gasteiger partial charge >= 0.3 is 0 Å². The van der Waals surface area contributed by atoms with Gasteiger partial charge in [0.2, 0.25) is 5.91 Å². The second-order valence-electron chi connectivity index (χ2n) is 7.12. The zero-order valence-corrected chi connectivity index (χ0v) is 18.0. The minimum absolute atomic E-state index is 0. The number of carbonyl (C=O) groups is 1. The van der Waals surface area contributed by atoms with E-state index in [1.165, 1.54) is 26.2 Å². The van der Waals surface area contributed by atoms with Crippen molar-refractivity contribution >= 4 is 43.1 Å². The third kappa shape index (κ3) is 11.0. The number of nitrogens with zero attached hydrogens (tertiary/aromatic N) is 2. The number of hydrogen-bond acceptors (Lipinski definition) is 4. The summed E-state index contributed by atoms with van der Waals surface area (Å²) >= 11 is 0. The second kappa shape index (κ2) is 14.4. The SMILES string of the molecule is CCN1CCN(CCCCNC(=O)[C@@H](N)C(C)(C)C)CC1.Cl.Cl.Cl. The van der Waals surface area contributed by atoms with Gasteiger partial charge in [0.15, 0.2) is 0 Å². The minimum atomic E-state index is -0.431. The van der Waals surface area contributed by atoms with E-state index < -0.39 is 6.04 Å². The molecule has 1 saturated heterocycles. The van der Waals surface area contributed by atoms with Crippen LogP contribution in [0.2, 0.25) is 0 Å². The first-order chi connectivity index (χ1) is 9.84. The van der Waals surface area contributed by atoms with Crippen LogP contribution in [0.15, 0.2) is 0 Å². The van der Waals surface area contributed by atoms with Crippen molar-refractivity contribution in [3.63, 3.8) is 0 Å². The maximum absolute atomic E-state index is 11.9. The number of carbonyl (C=O) groups excluding carboxylic acids is 1. The van der Waals surface area contributed by atoms with Gasteiger partial charge in [-0.2, -0.15) is 0 Å². The van der Waals surface area contributed by atoms with E-state index in [0.29, 0.717) is 0 Å². The first-order valence-electron chi connectivity index (χ1n) is 8.32. The van der Waals surface area contributed by atoms with Gasteiger partial charge in [-0.15, -0.1) is 37.2 Å². The average Bonchev–Trinajstić information content (AvgIpc) is 2.45. The summed E-state index contributed by atoms with van der Waals surface area (Å²) in [5.41, 5.74) is 5.75. The number of nitrogens with two attached hydrogens (primary N) is 1. The van der Waals surface area contributed by atoms with E-state index >= 15 is 0 Å². The lowest BCUT2D eigenvalue weighted by Crippen LogP contribution is -2.49. The van der Waals surface area contributed by atoms with Crippen molar-refractivity contribution in [2.24, 2.45) is 11.1 Å². The summed E-state index contributed by atoms with van der Waals surface area (Å²) in [5.74, 6) is -0.0286. The number of halogens is 3. The Hall–Kier alpha value is 0.220. The number of unbranched alkanes of at least 4 members (excludes halogenated alkanes) is 1. The molecule has 8 heteroatoms. The Morgan fingerprint density at radius 2 is 1.54 bits per heavy atom. The molecule has 0 saturated carbocycles. The van der Waals surface area contributed by atoms with E-state index in [9.17, 15) is 4.79 Å². The van der Waals surface area contributed by atoms with Gasteiger partial charge in [0.25, 0.3) is 0 Å². The van der Waals surface area contributed by atoms with Gasteiger partial charge in [-0.05, 0) is 31.3 Å². The molecular weight excluding hydrogens is 371 g/mol. The van der Waals surface area contributed by atoms with E-state index in [0.717, 1.165) is 32.5 Å². The Kier molecular flexibility index (Phi) is 17.4. The van der Waals surface area contributed by atoms with Gasteiger partial charge in [-0.25, -0.2) is 0 Å². The summed E-state index contributed by atoms with van der Waals surface area (Å²) in [7, 11) is 0. The summed E-state index contributed by atoms with van der Waals surface area (Å²) in [4.78, 5) is 16.9. The van der Waals surface area contributed by atoms with Crippen molar-refractivity contribution in [2.45, 2.75) is 46.6 Å². The molecule has 1 rings (SSSR count). The molecule has 0 spiro atoms. The van der Waals surface area contributed by atoms with Crippen LogP contribution in [0, 0.1) is 5.41 Å². The van der Waals surface area contributed by atoms with Crippen LogP contribution in [0.5, 0.6) is 0 Å². The predicted octanol–water partition coefficient (Wildman–Crippen LogP) is 2.16. The lowest BCUT2D eigenvalue weighted by atomic mass is 9.87. The molecule has 0 aromatic heterocycles. The zero-order chi connectivity index (χ0) is 15.9. The molecule has 1 heterocycles. The molecule has 0 aromatic rings. The molecule has 1 atom stereocenters. The summed E-state index contributed by atoms with van der Waals surface area (Å²) in [6.07, 6.45) is 2.16. The standard InChI is InChI=1S/C16H34N4O.3ClH/c1-5-19-10-12-20(13-11-19)9-7-6-8-18-15(21)14(17)16(2,3)4;;;/h14H,5-13,17H2,1-4H3,(H,18,21);3*1H/t14-;;;/m1.../s1. The van der Waals surface area contributed by atoms with Crippen LogP contribution in [-0.4, -0.2) is 67.6 Å². The van der Waals surface area contributed by atoms with Gasteiger partial charge in [-0.1, -0.05) is 27.7 Å². The quantitative estimate of drug-likeness (QED) is 0.635. The first kappa shape index (κ1) is 29.0. The third-order valence-corrected chi connectivity index (χ3v) is 4.33. The Balaban J connectivity index is -0.00000147. The third-order valence-electron chi connectivity index (χ3n) is 4.33. The smallest absolute Gasteiger partial charge is 0.237 e. The van der Waals surface area contributed by atoms with E-state index in [4.69, 9.17) is 5.73 Å². The fourth-order valence-corrected chi connectivity index (χ4v) is 2.50. The highest BCUT2D eigenvalue weighted by Crippen LogP contribution is 2.17. The number of nitrogens with one attached hydrogen (secondary N) is 1. The molecule has 148 valence electrons. The molecule has 1 aliphatic heterocycles. The maximum Gasteiger partial charge on any atom is 0.237 e. The van der Waals surface area contributed by atoms with E-state index in [2.05, 4.69) is 22.0 Å². The van der Waals surface area contributed by atoms with Gasteiger partial charge in [0.05, 0.1) is 6.04 Å². The number of amides is 1. The molecule has 0 aromatic carbocycles. The fourth-order valence-electron chi connectivity index (χ4n) is 2.50. The highest BCUT2D eigenvalue weighted by molar-refractivity contribution is 5.86. The molecule has 5 nitrogen and oxygen atoms in total. The van der Waals surface area contributed by atoms with Crippen LogP contribution in [0.1, 0.15) is 40.5 Å². The van der Waals surface area contributed by atoms with Crippen molar-refractivity contribution in [3.8, 4) is 0 Å². The summed E-state index contributed by atoms with van der Waals surface area (Å²) in [5, 5.41) is 2.95. The molecular formula is C16H37Cl3N4O. The summed E-state index contributed by atoms with van der Waals surface area (Å²) < 4.78 is 0. The summed E-state index contributed by atoms with van der Waals surface area (Å²) in [6.45, 7) is 16.0. The molecule has 24 heavy (non-hydrogen) atoms.